The van der Waals surface area contributed by atoms with E-state index in [-0.39, 0.29) is 5.41 Å². The quantitative estimate of drug-likeness (QED) is 0.174. The maximum absolute atomic E-state index is 2.61. The molecular formula is C45H32NP. The number of hydrogen-bond acceptors (Lipinski definition) is 0. The smallest absolute Gasteiger partial charge is 0.0630 e. The van der Waals surface area contributed by atoms with Crippen LogP contribution in [0.25, 0.3) is 60.9 Å². The topological polar surface area (TPSA) is 4.93 Å². The van der Waals surface area contributed by atoms with E-state index in [1.54, 1.807) is 0 Å². The van der Waals surface area contributed by atoms with Crippen molar-refractivity contribution in [1.29, 1.82) is 0 Å². The number of aromatic nitrogens is 1. The van der Waals surface area contributed by atoms with Crippen molar-refractivity contribution in [3.05, 3.63) is 169 Å². The van der Waals surface area contributed by atoms with Crippen molar-refractivity contribution in [2.75, 3.05) is 0 Å². The van der Waals surface area contributed by atoms with Crippen LogP contribution in [0, 0.1) is 0 Å². The fourth-order valence-corrected chi connectivity index (χ4v) is 11.1. The van der Waals surface area contributed by atoms with Crippen molar-refractivity contribution in [3.63, 3.8) is 0 Å². The van der Waals surface area contributed by atoms with Gasteiger partial charge in [-0.3, -0.25) is 0 Å². The number of benzene rings is 7. The summed E-state index contributed by atoms with van der Waals surface area (Å²) in [6.07, 6.45) is 0. The minimum Gasteiger partial charge on any atom is -0.307 e. The number of para-hydroxylation sites is 2. The molecule has 1 aliphatic carbocycles. The molecule has 0 saturated carbocycles. The molecule has 1 nitrogen and oxygen atoms in total. The molecule has 2 aliphatic rings. The second-order valence-electron chi connectivity index (χ2n) is 13.4. The highest BCUT2D eigenvalue weighted by Gasteiger charge is 2.43. The highest BCUT2D eigenvalue weighted by molar-refractivity contribution is 7.80. The van der Waals surface area contributed by atoms with Crippen LogP contribution in [0.1, 0.15) is 25.0 Å². The molecule has 1 aromatic heterocycles. The highest BCUT2D eigenvalue weighted by atomic mass is 31.1. The normalized spacial score (nSPS) is 15.4. The molecule has 1 unspecified atom stereocenters. The maximum Gasteiger partial charge on any atom is 0.0630 e. The standard InChI is InChI=1S/C45H32NP/c1-45(2)37-27-31(29-15-6-3-7-16-29)25-26-35(37)41-38(45)28-36(30-17-8-4-9-18-30)43-44(41)47(32-19-10-5-11-20-32)40-24-14-22-34-33-21-12-13-23-39(33)46(43)42(34)40/h3-28H,1-2H3. The molecule has 0 saturated heterocycles. The van der Waals surface area contributed by atoms with E-state index in [4.69, 9.17) is 0 Å². The van der Waals surface area contributed by atoms with Crippen LogP contribution < -0.4 is 15.9 Å². The van der Waals surface area contributed by atoms with Gasteiger partial charge in [-0.1, -0.05) is 153 Å². The van der Waals surface area contributed by atoms with E-state index in [0.717, 1.165) is 0 Å². The van der Waals surface area contributed by atoms with Crippen LogP contribution in [0.5, 0.6) is 0 Å². The molecule has 0 bridgehead atoms. The Morgan fingerprint density at radius 2 is 1.17 bits per heavy atom. The van der Waals surface area contributed by atoms with Crippen LogP contribution in [0.15, 0.2) is 158 Å². The lowest BCUT2D eigenvalue weighted by Gasteiger charge is -2.34. The van der Waals surface area contributed by atoms with Gasteiger partial charge in [-0.15, -0.1) is 0 Å². The van der Waals surface area contributed by atoms with Gasteiger partial charge >= 0.3 is 0 Å². The van der Waals surface area contributed by atoms with Crippen LogP contribution in [-0.4, -0.2) is 4.57 Å². The van der Waals surface area contributed by atoms with Gasteiger partial charge in [-0.25, -0.2) is 0 Å². The Morgan fingerprint density at radius 1 is 0.511 bits per heavy atom. The fraction of sp³-hybridized carbons (Fsp3) is 0.0667. The van der Waals surface area contributed by atoms with Gasteiger partial charge in [0.05, 0.1) is 16.7 Å². The van der Waals surface area contributed by atoms with Crippen LogP contribution in [0.3, 0.4) is 0 Å². The Balaban J connectivity index is 1.41. The number of hydrogen-bond donors (Lipinski definition) is 0. The minimum atomic E-state index is -0.872. The Hall–Kier alpha value is -5.23. The third kappa shape index (κ3) is 3.70. The fourth-order valence-electron chi connectivity index (χ4n) is 8.32. The zero-order valence-electron chi connectivity index (χ0n) is 26.4. The van der Waals surface area contributed by atoms with Gasteiger partial charge in [-0.05, 0) is 70.4 Å². The second-order valence-corrected chi connectivity index (χ2v) is 15.5. The first kappa shape index (κ1) is 26.9. The van der Waals surface area contributed by atoms with Crippen LogP contribution in [0.4, 0.5) is 0 Å². The van der Waals surface area contributed by atoms with E-state index in [1.807, 2.05) is 0 Å². The molecule has 2 heteroatoms. The molecular weight excluding hydrogens is 585 g/mol. The van der Waals surface area contributed by atoms with E-state index in [2.05, 4.69) is 176 Å². The first-order valence-electron chi connectivity index (χ1n) is 16.5. The lowest BCUT2D eigenvalue weighted by molar-refractivity contribution is 0.661. The van der Waals surface area contributed by atoms with E-state index in [0.29, 0.717) is 0 Å². The summed E-state index contributed by atoms with van der Waals surface area (Å²) >= 11 is 0. The van der Waals surface area contributed by atoms with Gasteiger partial charge in [0, 0.05) is 32.4 Å². The molecule has 0 fully saturated rings. The van der Waals surface area contributed by atoms with Crippen LogP contribution in [-0.2, 0) is 5.41 Å². The predicted molar refractivity (Wildman–Crippen MR) is 201 cm³/mol. The van der Waals surface area contributed by atoms with Crippen molar-refractivity contribution in [2.45, 2.75) is 19.3 Å². The van der Waals surface area contributed by atoms with E-state index in [9.17, 15) is 0 Å². The molecule has 0 N–H and O–H groups in total. The Morgan fingerprint density at radius 3 is 1.94 bits per heavy atom. The molecule has 47 heavy (non-hydrogen) atoms. The molecule has 10 rings (SSSR count). The summed E-state index contributed by atoms with van der Waals surface area (Å²) in [5, 5.41) is 6.95. The summed E-state index contributed by atoms with van der Waals surface area (Å²) in [5.74, 6) is 0. The third-order valence-corrected chi connectivity index (χ3v) is 13.0. The summed E-state index contributed by atoms with van der Waals surface area (Å²) in [6, 6.07) is 58.9. The van der Waals surface area contributed by atoms with E-state index < -0.39 is 7.92 Å². The monoisotopic (exact) mass is 617 g/mol. The van der Waals surface area contributed by atoms with Gasteiger partial charge < -0.3 is 4.57 Å². The number of nitrogens with zero attached hydrogens (tertiary/aromatic N) is 1. The zero-order chi connectivity index (χ0) is 31.3. The van der Waals surface area contributed by atoms with Crippen LogP contribution in [0.2, 0.25) is 0 Å². The van der Waals surface area contributed by atoms with Crippen molar-refractivity contribution in [2.24, 2.45) is 0 Å². The Kier molecular flexibility index (Phi) is 5.66. The molecule has 2 heterocycles. The van der Waals surface area contributed by atoms with Crippen molar-refractivity contribution in [3.8, 4) is 39.1 Å². The maximum atomic E-state index is 2.61. The van der Waals surface area contributed by atoms with Gasteiger partial charge in [0.2, 0.25) is 0 Å². The first-order chi connectivity index (χ1) is 23.1. The third-order valence-electron chi connectivity index (χ3n) is 10.5. The molecule has 8 aromatic rings. The molecule has 7 aromatic carbocycles. The Bertz CT molecular complexity index is 2520. The number of rotatable bonds is 3. The molecule has 1 aliphatic heterocycles. The second kappa shape index (κ2) is 9.88. The van der Waals surface area contributed by atoms with Crippen molar-refractivity contribution >= 4 is 45.6 Å². The van der Waals surface area contributed by atoms with Crippen molar-refractivity contribution < 1.29 is 0 Å². The van der Waals surface area contributed by atoms with E-state index in [1.165, 1.54) is 87.9 Å². The van der Waals surface area contributed by atoms with Gasteiger partial charge in [0.15, 0.2) is 0 Å². The lowest BCUT2D eigenvalue weighted by Crippen LogP contribution is -2.32. The molecule has 0 radical (unpaired) electrons. The highest BCUT2D eigenvalue weighted by Crippen LogP contribution is 2.57. The van der Waals surface area contributed by atoms with E-state index >= 15 is 0 Å². The predicted octanol–water partition coefficient (Wildman–Crippen LogP) is 10.5. The number of fused-ring (bicyclic) bond motifs is 9. The minimum absolute atomic E-state index is 0.170. The summed E-state index contributed by atoms with van der Waals surface area (Å²) in [5.41, 5.74) is 14.5. The molecule has 0 amide bonds. The molecule has 1 atom stereocenters. The first-order valence-corrected chi connectivity index (χ1v) is 17.8. The Labute approximate surface area is 276 Å². The molecule has 0 spiro atoms. The largest absolute Gasteiger partial charge is 0.307 e. The van der Waals surface area contributed by atoms with Gasteiger partial charge in [-0.2, -0.15) is 0 Å². The van der Waals surface area contributed by atoms with Crippen molar-refractivity contribution in [1.82, 2.24) is 4.57 Å². The zero-order valence-corrected chi connectivity index (χ0v) is 27.3. The average molecular weight is 618 g/mol. The molecule has 222 valence electrons. The summed E-state index contributed by atoms with van der Waals surface area (Å²) in [7, 11) is -0.872. The average Bonchev–Trinajstić information content (AvgIpc) is 3.58. The summed E-state index contributed by atoms with van der Waals surface area (Å²) in [6.45, 7) is 4.86. The van der Waals surface area contributed by atoms with Gasteiger partial charge in [0.1, 0.15) is 0 Å². The summed E-state index contributed by atoms with van der Waals surface area (Å²) in [4.78, 5) is 0. The van der Waals surface area contributed by atoms with Crippen LogP contribution >= 0.6 is 7.92 Å². The lowest BCUT2D eigenvalue weighted by atomic mass is 9.80. The SMILES string of the molecule is CC1(C)c2cc(-c3ccccc3)ccc2-c2c1cc(-c1ccccc1)c1c2P(c2ccccc2)c2cccc3c4ccccc4n-1c23. The summed E-state index contributed by atoms with van der Waals surface area (Å²) < 4.78 is 2.61. The van der Waals surface area contributed by atoms with Gasteiger partial charge in [0.25, 0.3) is 0 Å².